The number of aromatic amines is 2. The Bertz CT molecular complexity index is 5170. The molecular weight excluding hydrogens is 1730 g/mol. The van der Waals surface area contributed by atoms with Crippen molar-refractivity contribution in [2.75, 3.05) is 58.9 Å². The Morgan fingerprint density at radius 3 is 1.85 bits per heavy atom. The van der Waals surface area contributed by atoms with Gasteiger partial charge in [-0.05, 0) is 98.0 Å². The molecule has 0 radical (unpaired) electrons. The number of likely N-dealkylation sites (N-methyl/N-ethyl adjacent to an activating group) is 3. The van der Waals surface area contributed by atoms with Crippen molar-refractivity contribution >= 4 is 140 Å². The van der Waals surface area contributed by atoms with Crippen LogP contribution in [0.5, 0.6) is 5.75 Å². The number of nitrogens with two attached hydrogens (primary N) is 3. The molecule has 3 aliphatic rings. The largest absolute Gasteiger partial charge is 0.508 e. The minimum atomic E-state index is -1.87. The molecule has 2 aromatic heterocycles. The number of amides is 17. The fourth-order valence-corrected chi connectivity index (χ4v) is 17.3. The molecule has 132 heavy (non-hydrogen) atoms. The summed E-state index contributed by atoms with van der Waals surface area (Å²) in [6.07, 6.45) is 0.505. The van der Waals surface area contributed by atoms with Gasteiger partial charge in [0.05, 0.1) is 43.8 Å². The van der Waals surface area contributed by atoms with Gasteiger partial charge < -0.3 is 115 Å². The Balaban J connectivity index is 1.09. The number of aromatic nitrogens is 3. The van der Waals surface area contributed by atoms with Gasteiger partial charge in [-0.1, -0.05) is 112 Å². The molecule has 0 saturated carbocycles. The summed E-state index contributed by atoms with van der Waals surface area (Å²) in [5.74, 6) is -19.5. The number of Topliss-reactive ketones (excluding diaryl/α,β-unsaturated/α-hetero) is 1. The quantitative estimate of drug-likeness (QED) is 0.0324. The van der Waals surface area contributed by atoms with Crippen molar-refractivity contribution in [3.05, 3.63) is 132 Å². The lowest BCUT2D eigenvalue weighted by Crippen LogP contribution is -2.60. The molecule has 6 aromatic rings. The number of hydrogen-bond acceptors (Lipinski definition) is 23. The number of para-hydroxylation sites is 1. The summed E-state index contributed by atoms with van der Waals surface area (Å²) in [4.78, 5) is 276. The number of nitrogens with one attached hydrogen (secondary N) is 11. The summed E-state index contributed by atoms with van der Waals surface area (Å²) >= 11 is 0.774. The van der Waals surface area contributed by atoms with E-state index < -0.39 is 260 Å². The van der Waals surface area contributed by atoms with E-state index in [1.807, 2.05) is 26.0 Å². The highest BCUT2D eigenvalue weighted by Crippen LogP contribution is 2.30. The molecule has 0 unspecified atom stereocenters. The van der Waals surface area contributed by atoms with Crippen molar-refractivity contribution < 1.29 is 102 Å². The number of thioether (sulfide) groups is 1. The first kappa shape index (κ1) is 102. The van der Waals surface area contributed by atoms with Crippen LogP contribution in [0.1, 0.15) is 134 Å². The number of aliphatic hydroxyl groups is 2. The molecule has 42 heteroatoms. The van der Waals surface area contributed by atoms with Gasteiger partial charge in [-0.3, -0.25) is 86.3 Å². The number of carbonyl (C=O) groups is 18. The Labute approximate surface area is 766 Å². The summed E-state index contributed by atoms with van der Waals surface area (Å²) in [5, 5.41) is 58.2. The predicted molar refractivity (Wildman–Crippen MR) is 482 cm³/mol. The van der Waals surface area contributed by atoms with Crippen LogP contribution < -0.4 is 65.1 Å². The third-order valence-electron chi connectivity index (χ3n) is 23.9. The van der Waals surface area contributed by atoms with Gasteiger partial charge in [0.15, 0.2) is 5.78 Å². The molecule has 9 rings (SSSR count). The molecule has 41 nitrogen and oxygen atoms in total. The number of imidazole rings is 1. The van der Waals surface area contributed by atoms with E-state index in [1.165, 1.54) is 71.8 Å². The molecule has 15 atom stereocenters. The lowest BCUT2D eigenvalue weighted by molar-refractivity contribution is -0.149. The number of phenolic OH excluding ortho intramolecular Hbond substituents is 1. The average Bonchev–Trinajstić information content (AvgIpc) is 1.47. The minimum Gasteiger partial charge on any atom is -0.508 e. The number of hydrogen-bond donors (Lipinski definition) is 17. The van der Waals surface area contributed by atoms with Crippen LogP contribution in [0.2, 0.25) is 0 Å². The highest BCUT2D eigenvalue weighted by atomic mass is 32.2. The molecule has 4 aromatic carbocycles. The third kappa shape index (κ3) is 27.8. The van der Waals surface area contributed by atoms with Gasteiger partial charge in [-0.2, -0.15) is 0 Å². The summed E-state index contributed by atoms with van der Waals surface area (Å²) in [6, 6.07) is 4.70. The van der Waals surface area contributed by atoms with Crippen molar-refractivity contribution in [3.63, 3.8) is 0 Å². The number of aromatic hydroxyl groups is 1. The summed E-state index contributed by atoms with van der Waals surface area (Å²) in [7, 11) is 3.91. The van der Waals surface area contributed by atoms with E-state index in [1.54, 1.807) is 60.8 Å². The molecule has 0 spiro atoms. The highest BCUT2D eigenvalue weighted by molar-refractivity contribution is 8.00. The number of phenols is 1. The average molecular weight is 1850 g/mol. The van der Waals surface area contributed by atoms with Crippen LogP contribution in [0.15, 0.2) is 110 Å². The third-order valence-corrected chi connectivity index (χ3v) is 25.0. The summed E-state index contributed by atoms with van der Waals surface area (Å²) < 4.78 is 0. The topological polar surface area (TPSA) is 615 Å². The zero-order chi connectivity index (χ0) is 96.3. The SMILES string of the molecule is CCCC[C@H]1C(=O)N(C)[C@@H](CCCC)C(=O)N[C@@H](C)C(=O)N[C@H](C(=O)NCC(N)=O)CSCC(=O)N[C@@H](Cc2ccc(O)cc2)C(=O)N(C)[C@@H](C)C(=O)N[C@@H](CC(N)=O)C(=O)N2CCC[C@H]2C(=O)N[C@@H](Cc2cnc[nH]2)C(=O)N[C@@H](CCC(N)=O)C(=O)N2C[C@H](O)C[C@H]2C(=O)C[C@@H](Cc2c[nH]c3ccccc23)C(=O)N[C@@H](CO)C(=O)N[C@@H](Cc2cccc3ccccc23)C(=O)N1C. The Morgan fingerprint density at radius 1 is 0.553 bits per heavy atom. The molecule has 17 amide bonds. The normalized spacial score (nSPS) is 25.1. The number of carbonyl (C=O) groups excluding carboxylic acids is 18. The van der Waals surface area contributed by atoms with Crippen LogP contribution in [0.4, 0.5) is 0 Å². The van der Waals surface area contributed by atoms with E-state index in [0.717, 1.165) is 41.6 Å². The van der Waals surface area contributed by atoms with Gasteiger partial charge in [0, 0.05) is 113 Å². The molecule has 5 heterocycles. The summed E-state index contributed by atoms with van der Waals surface area (Å²) in [6.45, 7) is 3.77. The van der Waals surface area contributed by atoms with Crippen LogP contribution in [0.3, 0.4) is 0 Å². The zero-order valence-electron chi connectivity index (χ0n) is 74.8. The minimum absolute atomic E-state index is 0.0108. The first-order chi connectivity index (χ1) is 62.9. The van der Waals surface area contributed by atoms with Gasteiger partial charge >= 0.3 is 0 Å². The molecule has 3 fully saturated rings. The van der Waals surface area contributed by atoms with Crippen LogP contribution >= 0.6 is 11.8 Å². The number of nitrogens with zero attached hydrogens (tertiary/aromatic N) is 6. The number of fused-ring (bicyclic) bond motifs is 4. The number of ketones is 1. The molecule has 3 saturated heterocycles. The first-order valence-electron chi connectivity index (χ1n) is 44.0. The fourth-order valence-electron chi connectivity index (χ4n) is 16.4. The van der Waals surface area contributed by atoms with Gasteiger partial charge in [0.25, 0.3) is 0 Å². The fraction of sp³-hybridized carbons (Fsp3) is 0.500. The van der Waals surface area contributed by atoms with E-state index >= 15 is 33.6 Å². The van der Waals surface area contributed by atoms with E-state index in [-0.39, 0.29) is 69.4 Å². The maximum Gasteiger partial charge on any atom is 0.246 e. The Hall–Kier alpha value is -13.4. The van der Waals surface area contributed by atoms with Crippen molar-refractivity contribution in [2.45, 2.75) is 221 Å². The van der Waals surface area contributed by atoms with E-state index in [2.05, 4.69) is 62.8 Å². The van der Waals surface area contributed by atoms with Crippen molar-refractivity contribution in [2.24, 2.45) is 23.1 Å². The van der Waals surface area contributed by atoms with Gasteiger partial charge in [0.2, 0.25) is 100 Å². The van der Waals surface area contributed by atoms with Crippen LogP contribution in [-0.4, -0.2) is 305 Å². The standard InChI is InChI=1S/C90H120N20O21S/c1-8-10-24-69-84(125)98-49(3)78(119)105-68(81(122)96-43-76(93)117)46-132-47-77(118)99-64(34-51-27-29-57(112)30-28-51)86(127)106(5)50(4)79(120)102-66(40-75(92)116)89(130)109-33-17-26-70(109)85(126)101-63(38-56-42-94-48-97-56)82(123)100-62(31-32-74(91)115)88(129)110-44-58(113)39-72(110)73(114)37-54(35-55-41-95-61-23-15-14-22-60(55)61)80(121)104-67(45-111)83(124)103-65(36-53-20-16-19-52-18-12-13-21-59(52)53)87(128)108(7)71(25-11-9-2)90(131)107(69)6/h12-16,18-23,27-30,41-42,48-50,54,58,62-72,95,111-113H,8-11,17,24-26,31-40,43-47H2,1-7H3,(H2,91,115)(H2,92,116)(H2,93,117)(H,94,97)(H,96,122)(H,98,125)(H,99,118)(H,100,123)(H,101,126)(H,102,120)(H,103,124)(H,104,121)(H,105,119)/t49-,50-,54+,58+,62-,63-,64-,65-,66-,67-,68-,69-,70-,71-,72-/m0/s1. The molecule has 0 bridgehead atoms. The van der Waals surface area contributed by atoms with Crippen LogP contribution in [0.25, 0.3) is 21.7 Å². The van der Waals surface area contributed by atoms with Crippen molar-refractivity contribution in [1.82, 2.24) is 87.3 Å². The molecular formula is C90H120N20O21S. The number of unbranched alkanes of at least 4 members (excludes halogenated alkanes) is 2. The molecule has 3 aliphatic heterocycles. The van der Waals surface area contributed by atoms with Gasteiger partial charge in [-0.25, -0.2) is 4.98 Å². The van der Waals surface area contributed by atoms with Crippen LogP contribution in [0, 0.1) is 5.92 Å². The first-order valence-corrected chi connectivity index (χ1v) is 45.2. The second kappa shape index (κ2) is 48.5. The molecule has 0 aliphatic carbocycles. The highest BCUT2D eigenvalue weighted by Gasteiger charge is 2.47. The van der Waals surface area contributed by atoms with Crippen LogP contribution in [-0.2, 0) is 112 Å². The number of aliphatic hydroxyl groups excluding tert-OH is 2. The Kier molecular flexibility index (Phi) is 37.6. The molecule has 20 N–H and O–H groups in total. The number of primary amides is 3. The van der Waals surface area contributed by atoms with Gasteiger partial charge in [-0.15, -0.1) is 11.8 Å². The lowest BCUT2D eigenvalue weighted by atomic mass is 9.90. The lowest BCUT2D eigenvalue weighted by Gasteiger charge is -2.36. The maximum absolute atomic E-state index is 15.7. The van der Waals surface area contributed by atoms with E-state index in [9.17, 15) is 68.1 Å². The van der Waals surface area contributed by atoms with E-state index in [4.69, 9.17) is 17.2 Å². The number of benzene rings is 4. The summed E-state index contributed by atoms with van der Waals surface area (Å²) in [5.41, 5.74) is 19.1. The zero-order valence-corrected chi connectivity index (χ0v) is 75.6. The smallest absolute Gasteiger partial charge is 0.246 e. The molecule has 712 valence electrons. The van der Waals surface area contributed by atoms with E-state index in [0.29, 0.717) is 58.7 Å². The van der Waals surface area contributed by atoms with Gasteiger partial charge in [0.1, 0.15) is 78.3 Å². The number of rotatable bonds is 23. The van der Waals surface area contributed by atoms with Crippen molar-refractivity contribution in [3.8, 4) is 5.75 Å². The Morgan fingerprint density at radius 2 is 1.17 bits per heavy atom. The van der Waals surface area contributed by atoms with Crippen molar-refractivity contribution in [1.29, 1.82) is 0 Å². The maximum atomic E-state index is 15.7. The second-order valence-electron chi connectivity index (χ2n) is 33.6. The predicted octanol–water partition coefficient (Wildman–Crippen LogP) is -2.19. The second-order valence-corrected chi connectivity index (χ2v) is 34.7. The number of H-pyrrole nitrogens is 2. The monoisotopic (exact) mass is 1850 g/mol.